The molecule has 2 aromatic rings. The second-order valence-electron chi connectivity index (χ2n) is 14.0. The number of ether oxygens (including phenoxy) is 3. The summed E-state index contributed by atoms with van der Waals surface area (Å²) in [5.41, 5.74) is 1.62. The maximum absolute atomic E-state index is 15.2. The van der Waals surface area contributed by atoms with Gasteiger partial charge in [0.15, 0.2) is 0 Å². The van der Waals surface area contributed by atoms with E-state index in [1.807, 2.05) is 88.4 Å². The maximum atomic E-state index is 15.2. The molecule has 0 saturated carbocycles. The van der Waals surface area contributed by atoms with Crippen molar-refractivity contribution >= 4 is 29.4 Å². The molecule has 50 heavy (non-hydrogen) atoms. The minimum Gasteiger partial charge on any atom is -0.455 e. The lowest BCUT2D eigenvalue weighted by Gasteiger charge is -2.40. The lowest BCUT2D eigenvalue weighted by atomic mass is 9.74. The number of carbonyl (C=O) groups excluding carboxylic acids is 4. The first-order chi connectivity index (χ1) is 24.0. The van der Waals surface area contributed by atoms with Gasteiger partial charge < -0.3 is 34.4 Å². The Hall–Kier alpha value is -4.32. The molecule has 0 radical (unpaired) electrons. The summed E-state index contributed by atoms with van der Waals surface area (Å²) in [6, 6.07) is 12.3. The summed E-state index contributed by atoms with van der Waals surface area (Å²) < 4.78 is 18.4. The van der Waals surface area contributed by atoms with Crippen LogP contribution in [0.5, 0.6) is 0 Å². The minimum absolute atomic E-state index is 0.0624. The molecule has 0 unspecified atom stereocenters. The van der Waals surface area contributed by atoms with Crippen molar-refractivity contribution < 1.29 is 38.5 Å². The smallest absolute Gasteiger partial charge is 0.313 e. The van der Waals surface area contributed by atoms with E-state index in [0.717, 1.165) is 11.1 Å². The predicted molar refractivity (Wildman–Crippen MR) is 186 cm³/mol. The molecule has 2 saturated heterocycles. The number of hydrogen-bond acceptors (Lipinski definition) is 8. The van der Waals surface area contributed by atoms with Crippen molar-refractivity contribution in [3.8, 4) is 0 Å². The Morgan fingerprint density at radius 2 is 1.72 bits per heavy atom. The zero-order chi connectivity index (χ0) is 35.7. The Balaban J connectivity index is 1.51. The van der Waals surface area contributed by atoms with Crippen molar-refractivity contribution in [2.24, 2.45) is 17.8 Å². The van der Waals surface area contributed by atoms with Gasteiger partial charge in [0.05, 0.1) is 37.3 Å². The topological polar surface area (TPSA) is 135 Å². The monoisotopic (exact) mass is 685 g/mol. The standard InChI is InChI=1S/C39H47N3O8/c1-23(2)28(21-43)42-35-37(46)41(33-24(3)13-12-14-25(33)4)20-11-7-10-17-30(44)40-27(22-48-5)34(26-15-8-6-9-16-26)49-38(47)31-29-18-19-39(35,50-29)32(31)36(42)45/h6-9,11-16,18-19,23,27-29,31-32,34-35,43H,10,17,20-22H2,1-5H3,(H,40,44)/b11-7-/t27-,28-,29+,31-,32-,34-,35+,39-/m0/s1. The minimum atomic E-state index is -1.47. The van der Waals surface area contributed by atoms with E-state index in [1.165, 1.54) is 12.0 Å². The molecule has 4 aliphatic heterocycles. The summed E-state index contributed by atoms with van der Waals surface area (Å²) in [6.07, 6.45) is 6.02. The number of aliphatic hydroxyl groups excluding tert-OH is 1. The Labute approximate surface area is 293 Å². The number of nitrogens with zero attached hydrogens (tertiary/aromatic N) is 2. The normalized spacial score (nSPS) is 31.2. The van der Waals surface area contributed by atoms with Crippen molar-refractivity contribution in [3.63, 3.8) is 0 Å². The number of fused-ring (bicyclic) bond motifs is 2. The third kappa shape index (κ3) is 6.16. The zero-order valence-electron chi connectivity index (χ0n) is 29.3. The molecular formula is C39H47N3O8. The summed E-state index contributed by atoms with van der Waals surface area (Å²) in [5, 5.41) is 13.7. The SMILES string of the molecule is COC[C@@H]1NC(=O)CC/C=C\CN(c2c(C)cccc2C)C(=O)[C@H]2N([C@@H](CO)C(C)C)C(=O)[C@@H]3[C@@H](C(=O)O[C@H]1c1ccccc1)[C@H]1C=C[C@]32O1. The van der Waals surface area contributed by atoms with Crippen LogP contribution in [0.25, 0.3) is 0 Å². The number of likely N-dealkylation sites (tertiary alicyclic amines) is 1. The van der Waals surface area contributed by atoms with Crippen LogP contribution >= 0.6 is 0 Å². The van der Waals surface area contributed by atoms with Gasteiger partial charge >= 0.3 is 5.97 Å². The molecule has 11 nitrogen and oxygen atoms in total. The van der Waals surface area contributed by atoms with E-state index >= 15 is 4.79 Å². The molecule has 2 aromatic carbocycles. The largest absolute Gasteiger partial charge is 0.455 e. The number of aliphatic hydroxyl groups is 1. The molecule has 1 spiro atoms. The second-order valence-corrected chi connectivity index (χ2v) is 14.0. The fourth-order valence-electron chi connectivity index (χ4n) is 8.21. The quantitative estimate of drug-likeness (QED) is 0.334. The van der Waals surface area contributed by atoms with Gasteiger partial charge in [-0.05, 0) is 42.9 Å². The number of nitrogens with one attached hydrogen (secondary N) is 1. The van der Waals surface area contributed by atoms with Crippen LogP contribution < -0.4 is 10.2 Å². The van der Waals surface area contributed by atoms with E-state index in [0.29, 0.717) is 17.7 Å². The van der Waals surface area contributed by atoms with Gasteiger partial charge in [0.2, 0.25) is 11.8 Å². The van der Waals surface area contributed by atoms with E-state index in [2.05, 4.69) is 5.32 Å². The van der Waals surface area contributed by atoms with E-state index in [9.17, 15) is 19.5 Å². The van der Waals surface area contributed by atoms with Crippen molar-refractivity contribution in [1.29, 1.82) is 0 Å². The number of amides is 3. The van der Waals surface area contributed by atoms with Crippen LogP contribution in [0.3, 0.4) is 0 Å². The number of para-hydroxylation sites is 1. The molecule has 4 heterocycles. The molecule has 6 rings (SSSR count). The van der Waals surface area contributed by atoms with E-state index in [1.54, 1.807) is 17.1 Å². The molecule has 2 fully saturated rings. The Morgan fingerprint density at radius 1 is 1.00 bits per heavy atom. The number of allylic oxidation sites excluding steroid dienone is 1. The van der Waals surface area contributed by atoms with Crippen LogP contribution in [0, 0.1) is 31.6 Å². The summed E-state index contributed by atoms with van der Waals surface area (Å²) in [5.74, 6) is -4.13. The van der Waals surface area contributed by atoms with Gasteiger partial charge in [0.25, 0.3) is 5.91 Å². The Kier molecular flexibility index (Phi) is 10.3. The first-order valence-corrected chi connectivity index (χ1v) is 17.4. The molecular weight excluding hydrogens is 638 g/mol. The summed E-state index contributed by atoms with van der Waals surface area (Å²) in [7, 11) is 1.51. The molecule has 5 bridgehead atoms. The number of cyclic esters (lactones) is 1. The molecule has 11 heteroatoms. The highest BCUT2D eigenvalue weighted by atomic mass is 16.6. The van der Waals surface area contributed by atoms with Gasteiger partial charge in [-0.15, -0.1) is 0 Å². The number of esters is 1. The summed E-state index contributed by atoms with van der Waals surface area (Å²) in [6.45, 7) is 7.49. The molecule has 8 atom stereocenters. The van der Waals surface area contributed by atoms with Crippen molar-refractivity contribution in [2.75, 3.05) is 31.8 Å². The van der Waals surface area contributed by atoms with Crippen LogP contribution in [0.2, 0.25) is 0 Å². The predicted octanol–water partition coefficient (Wildman–Crippen LogP) is 3.57. The maximum Gasteiger partial charge on any atom is 0.313 e. The first kappa shape index (κ1) is 35.5. The van der Waals surface area contributed by atoms with Gasteiger partial charge in [-0.2, -0.15) is 0 Å². The Bertz CT molecular complexity index is 1650. The molecule has 266 valence electrons. The van der Waals surface area contributed by atoms with Crippen LogP contribution in [-0.4, -0.2) is 90.4 Å². The number of rotatable bonds is 7. The van der Waals surface area contributed by atoms with Crippen molar-refractivity contribution in [1.82, 2.24) is 10.2 Å². The van der Waals surface area contributed by atoms with Crippen LogP contribution in [0.4, 0.5) is 5.69 Å². The third-order valence-corrected chi connectivity index (χ3v) is 10.5. The van der Waals surface area contributed by atoms with Gasteiger partial charge in [-0.1, -0.05) is 86.7 Å². The lowest BCUT2D eigenvalue weighted by molar-refractivity contribution is -0.162. The number of carbonyl (C=O) groups is 4. The van der Waals surface area contributed by atoms with Crippen LogP contribution in [0.15, 0.2) is 72.8 Å². The third-order valence-electron chi connectivity index (χ3n) is 10.5. The number of anilines is 1. The summed E-state index contributed by atoms with van der Waals surface area (Å²) >= 11 is 0. The number of aryl methyl sites for hydroxylation is 2. The highest BCUT2D eigenvalue weighted by Gasteiger charge is 2.74. The van der Waals surface area contributed by atoms with E-state index in [-0.39, 0.29) is 43.9 Å². The molecule has 0 aliphatic carbocycles. The van der Waals surface area contributed by atoms with Gasteiger partial charge in [0.1, 0.15) is 23.7 Å². The van der Waals surface area contributed by atoms with Gasteiger partial charge in [-0.25, -0.2) is 0 Å². The Morgan fingerprint density at radius 3 is 2.38 bits per heavy atom. The van der Waals surface area contributed by atoms with Crippen LogP contribution in [-0.2, 0) is 33.4 Å². The molecule has 4 aliphatic rings. The molecule has 2 N–H and O–H groups in total. The average molecular weight is 686 g/mol. The number of hydrogen-bond donors (Lipinski definition) is 2. The van der Waals surface area contributed by atoms with Crippen molar-refractivity contribution in [2.45, 2.75) is 76.5 Å². The fourth-order valence-corrected chi connectivity index (χ4v) is 8.21. The molecule has 3 amide bonds. The van der Waals surface area contributed by atoms with E-state index in [4.69, 9.17) is 14.2 Å². The average Bonchev–Trinajstić information content (AvgIpc) is 3.73. The van der Waals surface area contributed by atoms with Gasteiger partial charge in [-0.3, -0.25) is 19.2 Å². The number of methoxy groups -OCH3 is 1. The number of benzene rings is 2. The zero-order valence-corrected chi connectivity index (χ0v) is 29.3. The first-order valence-electron chi connectivity index (χ1n) is 17.4. The van der Waals surface area contributed by atoms with Crippen molar-refractivity contribution in [3.05, 3.63) is 89.5 Å². The second kappa shape index (κ2) is 14.5. The molecule has 0 aromatic heterocycles. The highest BCUT2D eigenvalue weighted by Crippen LogP contribution is 2.57. The highest BCUT2D eigenvalue weighted by molar-refractivity contribution is 6.06. The summed E-state index contributed by atoms with van der Waals surface area (Å²) in [4.78, 5) is 60.9. The fraction of sp³-hybridized carbons (Fsp3) is 0.487. The van der Waals surface area contributed by atoms with E-state index < -0.39 is 59.6 Å². The van der Waals surface area contributed by atoms with Gasteiger partial charge in [0, 0.05) is 25.8 Å². The lowest BCUT2D eigenvalue weighted by Crippen LogP contribution is -2.59. The van der Waals surface area contributed by atoms with Crippen LogP contribution in [0.1, 0.15) is 49.5 Å².